The molecule has 4 nitrogen and oxygen atoms in total. The van der Waals surface area contributed by atoms with E-state index in [0.29, 0.717) is 5.02 Å². The summed E-state index contributed by atoms with van der Waals surface area (Å²) < 4.78 is 38.5. The topological polar surface area (TPSA) is 61.7 Å². The fourth-order valence-electron chi connectivity index (χ4n) is 1.78. The van der Waals surface area contributed by atoms with Crippen LogP contribution in [0.3, 0.4) is 0 Å². The molecule has 2 aromatic carbocycles. The highest BCUT2D eigenvalue weighted by atomic mass is 35.5. The van der Waals surface area contributed by atoms with Gasteiger partial charge in [0.25, 0.3) is 5.91 Å². The number of halogens is 4. The van der Waals surface area contributed by atoms with Crippen LogP contribution in [0.15, 0.2) is 47.6 Å². The molecule has 0 saturated carbocycles. The third kappa shape index (κ3) is 4.23. The van der Waals surface area contributed by atoms with Crippen molar-refractivity contribution in [2.24, 2.45) is 5.10 Å². The van der Waals surface area contributed by atoms with Crippen molar-refractivity contribution in [2.45, 2.75) is 6.18 Å². The van der Waals surface area contributed by atoms with Crippen molar-refractivity contribution in [1.29, 1.82) is 0 Å². The average Bonchev–Trinajstić information content (AvgIpc) is 2.49. The number of phenols is 1. The molecule has 120 valence electrons. The van der Waals surface area contributed by atoms with Gasteiger partial charge in [0.2, 0.25) is 0 Å². The van der Waals surface area contributed by atoms with Crippen molar-refractivity contribution >= 4 is 23.7 Å². The zero-order valence-electron chi connectivity index (χ0n) is 11.4. The first-order valence-electron chi connectivity index (χ1n) is 6.27. The van der Waals surface area contributed by atoms with E-state index in [2.05, 4.69) is 5.10 Å². The molecule has 23 heavy (non-hydrogen) atoms. The van der Waals surface area contributed by atoms with Crippen LogP contribution in [0.1, 0.15) is 21.5 Å². The van der Waals surface area contributed by atoms with Crippen LogP contribution in [-0.4, -0.2) is 17.2 Å². The smallest absolute Gasteiger partial charge is 0.417 e. The summed E-state index contributed by atoms with van der Waals surface area (Å²) in [4.78, 5) is 11.8. The number of carbonyl (C=O) groups excluding carboxylic acids is 1. The fourth-order valence-corrected chi connectivity index (χ4v) is 1.96. The number of aromatic hydroxyl groups is 1. The van der Waals surface area contributed by atoms with Gasteiger partial charge >= 0.3 is 6.18 Å². The van der Waals surface area contributed by atoms with Gasteiger partial charge in [0, 0.05) is 10.6 Å². The molecule has 0 unspecified atom stereocenters. The van der Waals surface area contributed by atoms with Gasteiger partial charge in [-0.15, -0.1) is 0 Å². The number of nitrogens with zero attached hydrogens (tertiary/aromatic N) is 1. The van der Waals surface area contributed by atoms with Gasteiger partial charge in [-0.2, -0.15) is 18.3 Å². The van der Waals surface area contributed by atoms with E-state index in [4.69, 9.17) is 11.6 Å². The molecule has 0 atom stereocenters. The summed E-state index contributed by atoms with van der Waals surface area (Å²) in [6, 6.07) is 8.52. The number of phenolic OH excluding ortho intramolecular Hbond substituents is 1. The van der Waals surface area contributed by atoms with E-state index < -0.39 is 23.2 Å². The lowest BCUT2D eigenvalue weighted by atomic mass is 10.1. The average molecular weight is 343 g/mol. The van der Waals surface area contributed by atoms with Gasteiger partial charge in [-0.25, -0.2) is 5.43 Å². The summed E-state index contributed by atoms with van der Waals surface area (Å²) in [5, 5.41) is 13.4. The quantitative estimate of drug-likeness (QED) is 0.658. The lowest BCUT2D eigenvalue weighted by Crippen LogP contribution is -2.22. The summed E-state index contributed by atoms with van der Waals surface area (Å²) in [6.07, 6.45) is -3.57. The molecular weight excluding hydrogens is 333 g/mol. The number of nitrogens with one attached hydrogen (secondary N) is 1. The first-order chi connectivity index (χ1) is 10.8. The Morgan fingerprint density at radius 2 is 1.91 bits per heavy atom. The molecule has 2 rings (SSSR count). The number of amides is 1. The van der Waals surface area contributed by atoms with Crippen LogP contribution in [0.4, 0.5) is 13.2 Å². The SMILES string of the molecule is O=C(NN=Cc1cc(Cl)ccc1O)c1ccccc1C(F)(F)F. The molecule has 1 amide bonds. The molecule has 2 N–H and O–H groups in total. The van der Waals surface area contributed by atoms with E-state index in [9.17, 15) is 23.1 Å². The van der Waals surface area contributed by atoms with Gasteiger partial charge in [-0.1, -0.05) is 23.7 Å². The number of hydrazone groups is 1. The van der Waals surface area contributed by atoms with Crippen LogP contribution in [0.25, 0.3) is 0 Å². The van der Waals surface area contributed by atoms with E-state index >= 15 is 0 Å². The fraction of sp³-hybridized carbons (Fsp3) is 0.0667. The number of rotatable bonds is 3. The molecule has 0 aromatic heterocycles. The molecule has 0 aliphatic rings. The minimum atomic E-state index is -4.65. The van der Waals surface area contributed by atoms with Crippen LogP contribution in [-0.2, 0) is 6.18 Å². The second-order valence-corrected chi connectivity index (χ2v) is 4.88. The molecule has 0 aliphatic heterocycles. The lowest BCUT2D eigenvalue weighted by molar-refractivity contribution is -0.137. The van der Waals surface area contributed by atoms with E-state index in [-0.39, 0.29) is 11.3 Å². The summed E-state index contributed by atoms with van der Waals surface area (Å²) in [6.45, 7) is 0. The third-order valence-corrected chi connectivity index (χ3v) is 3.07. The van der Waals surface area contributed by atoms with Gasteiger partial charge < -0.3 is 5.11 Å². The van der Waals surface area contributed by atoms with Crippen molar-refractivity contribution in [3.63, 3.8) is 0 Å². The van der Waals surface area contributed by atoms with Gasteiger partial charge in [0.15, 0.2) is 0 Å². The Morgan fingerprint density at radius 1 is 1.22 bits per heavy atom. The third-order valence-electron chi connectivity index (χ3n) is 2.84. The molecule has 0 heterocycles. The summed E-state index contributed by atoms with van der Waals surface area (Å²) in [5.41, 5.74) is 0.587. The van der Waals surface area contributed by atoms with Crippen molar-refractivity contribution in [3.8, 4) is 5.75 Å². The van der Waals surface area contributed by atoms with Gasteiger partial charge in [0.1, 0.15) is 5.75 Å². The van der Waals surface area contributed by atoms with Gasteiger partial charge in [0.05, 0.1) is 17.3 Å². The van der Waals surface area contributed by atoms with Crippen LogP contribution in [0.2, 0.25) is 5.02 Å². The number of alkyl halides is 3. The maximum Gasteiger partial charge on any atom is 0.417 e. The highest BCUT2D eigenvalue weighted by molar-refractivity contribution is 6.30. The van der Waals surface area contributed by atoms with Crippen molar-refractivity contribution in [2.75, 3.05) is 0 Å². The Morgan fingerprint density at radius 3 is 2.61 bits per heavy atom. The normalized spacial score (nSPS) is 11.7. The highest BCUT2D eigenvalue weighted by Crippen LogP contribution is 2.31. The van der Waals surface area contributed by atoms with Gasteiger partial charge in [-0.3, -0.25) is 4.79 Å². The van der Waals surface area contributed by atoms with Crippen molar-refractivity contribution < 1.29 is 23.1 Å². The second kappa shape index (κ2) is 6.70. The van der Waals surface area contributed by atoms with Crippen LogP contribution >= 0.6 is 11.6 Å². The Bertz CT molecular complexity index is 761. The Balaban J connectivity index is 2.18. The molecule has 0 saturated heterocycles. The zero-order valence-corrected chi connectivity index (χ0v) is 12.2. The minimum Gasteiger partial charge on any atom is -0.507 e. The van der Waals surface area contributed by atoms with E-state index in [0.717, 1.165) is 18.3 Å². The maximum absolute atomic E-state index is 12.8. The predicted octanol–water partition coefficient (Wildman–Crippen LogP) is 3.83. The Hall–Kier alpha value is -2.54. The minimum absolute atomic E-state index is 0.136. The monoisotopic (exact) mass is 342 g/mol. The highest BCUT2D eigenvalue weighted by Gasteiger charge is 2.34. The largest absolute Gasteiger partial charge is 0.507 e. The second-order valence-electron chi connectivity index (χ2n) is 4.45. The zero-order chi connectivity index (χ0) is 17.0. The van der Waals surface area contributed by atoms with Crippen LogP contribution < -0.4 is 5.43 Å². The van der Waals surface area contributed by atoms with E-state index in [1.807, 2.05) is 5.43 Å². The summed E-state index contributed by atoms with van der Waals surface area (Å²) in [5.74, 6) is -1.15. The molecule has 0 aliphatic carbocycles. The molecule has 2 aromatic rings. The molecule has 8 heteroatoms. The van der Waals surface area contributed by atoms with Gasteiger partial charge in [-0.05, 0) is 30.3 Å². The molecular formula is C15H10ClF3N2O2. The van der Waals surface area contributed by atoms with E-state index in [1.165, 1.54) is 30.3 Å². The molecule has 0 radical (unpaired) electrons. The van der Waals surface area contributed by atoms with Crippen molar-refractivity contribution in [3.05, 3.63) is 64.2 Å². The van der Waals surface area contributed by atoms with E-state index in [1.54, 1.807) is 0 Å². The molecule has 0 bridgehead atoms. The Kier molecular flexibility index (Phi) is 4.90. The Labute approximate surface area is 134 Å². The van der Waals surface area contributed by atoms with Crippen LogP contribution in [0, 0.1) is 0 Å². The number of hydrogen-bond donors (Lipinski definition) is 2. The maximum atomic E-state index is 12.8. The first kappa shape index (κ1) is 16.8. The standard InChI is InChI=1S/C15H10ClF3N2O2/c16-10-5-6-13(22)9(7-10)8-20-21-14(23)11-3-1-2-4-12(11)15(17,18)19/h1-8,22H,(H,21,23). The number of carbonyl (C=O) groups is 1. The summed E-state index contributed by atoms with van der Waals surface area (Å²) >= 11 is 5.74. The molecule has 0 spiro atoms. The number of benzene rings is 2. The molecule has 0 fully saturated rings. The number of hydrogen-bond acceptors (Lipinski definition) is 3. The lowest BCUT2D eigenvalue weighted by Gasteiger charge is -2.10. The predicted molar refractivity (Wildman–Crippen MR) is 79.6 cm³/mol. The van der Waals surface area contributed by atoms with Crippen LogP contribution in [0.5, 0.6) is 5.75 Å². The first-order valence-corrected chi connectivity index (χ1v) is 6.65. The van der Waals surface area contributed by atoms with Crippen molar-refractivity contribution in [1.82, 2.24) is 5.43 Å². The summed E-state index contributed by atoms with van der Waals surface area (Å²) in [7, 11) is 0.